The Morgan fingerprint density at radius 2 is 2.29 bits per heavy atom. The molecule has 1 heterocycles. The third kappa shape index (κ3) is 1.69. The average Bonchev–Trinajstić information content (AvgIpc) is 2.66. The van der Waals surface area contributed by atoms with Gasteiger partial charge >= 0.3 is 0 Å². The van der Waals surface area contributed by atoms with Crippen molar-refractivity contribution in [2.24, 2.45) is 5.92 Å². The van der Waals surface area contributed by atoms with Gasteiger partial charge in [0.05, 0.1) is 24.8 Å². The fourth-order valence-corrected chi connectivity index (χ4v) is 2.46. The fraction of sp³-hybridized carbons (Fsp3) is 0.727. The van der Waals surface area contributed by atoms with Crippen molar-refractivity contribution in [2.75, 3.05) is 0 Å². The second-order valence-electron chi connectivity index (χ2n) is 4.28. The molecule has 3 nitrogen and oxygen atoms in total. The van der Waals surface area contributed by atoms with Crippen LogP contribution in [0.2, 0.25) is 0 Å². The van der Waals surface area contributed by atoms with E-state index in [2.05, 4.69) is 16.5 Å². The first-order valence-electron chi connectivity index (χ1n) is 5.44. The summed E-state index contributed by atoms with van der Waals surface area (Å²) < 4.78 is 2.16. The molecule has 1 aromatic heterocycles. The zero-order chi connectivity index (χ0) is 9.97. The number of nitrogens with zero attached hydrogens (tertiary/aromatic N) is 2. The molecule has 0 aliphatic heterocycles. The maximum atomic E-state index is 9.16. The Morgan fingerprint density at radius 1 is 1.50 bits per heavy atom. The predicted molar refractivity (Wildman–Crippen MR) is 54.8 cm³/mol. The molecule has 78 valence electrons. The highest BCUT2D eigenvalue weighted by Crippen LogP contribution is 2.34. The van der Waals surface area contributed by atoms with Gasteiger partial charge in [-0.2, -0.15) is 0 Å². The van der Waals surface area contributed by atoms with Gasteiger partial charge in [0.2, 0.25) is 0 Å². The Kier molecular flexibility index (Phi) is 2.87. The van der Waals surface area contributed by atoms with Crippen LogP contribution in [-0.4, -0.2) is 14.7 Å². The highest BCUT2D eigenvalue weighted by atomic mass is 16.3. The fourth-order valence-electron chi connectivity index (χ4n) is 2.46. The van der Waals surface area contributed by atoms with Crippen LogP contribution in [-0.2, 0) is 6.61 Å². The maximum Gasteiger partial charge on any atom is 0.0951 e. The van der Waals surface area contributed by atoms with Crippen LogP contribution in [0.3, 0.4) is 0 Å². The summed E-state index contributed by atoms with van der Waals surface area (Å²) in [5.41, 5.74) is 0.948. The summed E-state index contributed by atoms with van der Waals surface area (Å²) in [5.74, 6) is 0.711. The van der Waals surface area contributed by atoms with Crippen LogP contribution >= 0.6 is 0 Å². The minimum Gasteiger partial charge on any atom is -0.390 e. The number of aliphatic hydroxyl groups is 1. The molecule has 0 amide bonds. The first-order valence-corrected chi connectivity index (χ1v) is 5.44. The molecule has 1 saturated carbocycles. The van der Waals surface area contributed by atoms with Gasteiger partial charge in [0, 0.05) is 6.04 Å². The van der Waals surface area contributed by atoms with Crippen molar-refractivity contribution in [3.8, 4) is 0 Å². The maximum absolute atomic E-state index is 9.16. The Hall–Kier alpha value is -0.830. The number of hydrogen-bond acceptors (Lipinski definition) is 2. The van der Waals surface area contributed by atoms with Crippen LogP contribution < -0.4 is 0 Å². The molecule has 1 aliphatic rings. The van der Waals surface area contributed by atoms with Crippen LogP contribution in [0.15, 0.2) is 12.5 Å². The first-order chi connectivity index (χ1) is 6.83. The number of imidazole rings is 1. The molecule has 3 heteroatoms. The Bertz CT molecular complexity index is 295. The Labute approximate surface area is 84.8 Å². The molecule has 1 fully saturated rings. The average molecular weight is 194 g/mol. The summed E-state index contributed by atoms with van der Waals surface area (Å²) in [6.45, 7) is 2.40. The highest BCUT2D eigenvalue weighted by molar-refractivity contribution is 4.99. The highest BCUT2D eigenvalue weighted by Gasteiger charge is 2.23. The monoisotopic (exact) mass is 194 g/mol. The number of hydrogen-bond donors (Lipinski definition) is 1. The molecule has 14 heavy (non-hydrogen) atoms. The molecular weight excluding hydrogens is 176 g/mol. The molecule has 0 spiro atoms. The quantitative estimate of drug-likeness (QED) is 0.783. The lowest BCUT2D eigenvalue weighted by Gasteiger charge is -2.30. The molecule has 2 atom stereocenters. The molecule has 1 N–H and O–H groups in total. The first kappa shape index (κ1) is 9.71. The standard InChI is InChI=1S/C11H18N2O/c1-9-4-2-3-5-11(9)13-8-12-6-10(13)7-14/h6,8-9,11,14H,2-5,7H2,1H3. The minimum absolute atomic E-state index is 0.100. The van der Waals surface area contributed by atoms with Crippen molar-refractivity contribution in [3.63, 3.8) is 0 Å². The molecule has 0 radical (unpaired) electrons. The summed E-state index contributed by atoms with van der Waals surface area (Å²) in [5, 5.41) is 9.16. The van der Waals surface area contributed by atoms with Crippen LogP contribution in [0.1, 0.15) is 44.3 Å². The van der Waals surface area contributed by atoms with E-state index in [1.807, 2.05) is 6.33 Å². The van der Waals surface area contributed by atoms with E-state index in [-0.39, 0.29) is 6.61 Å². The van der Waals surface area contributed by atoms with Crippen molar-refractivity contribution in [3.05, 3.63) is 18.2 Å². The van der Waals surface area contributed by atoms with E-state index in [9.17, 15) is 0 Å². The van der Waals surface area contributed by atoms with E-state index >= 15 is 0 Å². The molecule has 0 bridgehead atoms. The van der Waals surface area contributed by atoms with Gasteiger partial charge in [0.1, 0.15) is 0 Å². The molecule has 1 aliphatic carbocycles. The number of rotatable bonds is 2. The van der Waals surface area contributed by atoms with Crippen molar-refractivity contribution >= 4 is 0 Å². The summed E-state index contributed by atoms with van der Waals surface area (Å²) >= 11 is 0. The van der Waals surface area contributed by atoms with Crippen LogP contribution in [0, 0.1) is 5.92 Å². The summed E-state index contributed by atoms with van der Waals surface area (Å²) in [6.07, 6.45) is 8.80. The lowest BCUT2D eigenvalue weighted by molar-refractivity contribution is 0.226. The van der Waals surface area contributed by atoms with E-state index in [0.717, 1.165) is 5.69 Å². The Morgan fingerprint density at radius 3 is 3.00 bits per heavy atom. The summed E-state index contributed by atoms with van der Waals surface area (Å²) in [6, 6.07) is 0.549. The zero-order valence-corrected chi connectivity index (χ0v) is 8.69. The van der Waals surface area contributed by atoms with Gasteiger partial charge in [-0.15, -0.1) is 0 Å². The SMILES string of the molecule is CC1CCCCC1n1cncc1CO. The lowest BCUT2D eigenvalue weighted by Crippen LogP contribution is -2.22. The summed E-state index contributed by atoms with van der Waals surface area (Å²) in [7, 11) is 0. The minimum atomic E-state index is 0.100. The molecule has 0 saturated heterocycles. The van der Waals surface area contributed by atoms with Crippen LogP contribution in [0.25, 0.3) is 0 Å². The van der Waals surface area contributed by atoms with Gasteiger partial charge in [-0.3, -0.25) is 0 Å². The molecule has 0 aromatic carbocycles. The van der Waals surface area contributed by atoms with Gasteiger partial charge in [0.25, 0.3) is 0 Å². The van der Waals surface area contributed by atoms with Crippen molar-refractivity contribution in [1.82, 2.24) is 9.55 Å². The van der Waals surface area contributed by atoms with Gasteiger partial charge in [-0.05, 0) is 18.8 Å². The summed E-state index contributed by atoms with van der Waals surface area (Å²) in [4.78, 5) is 4.11. The van der Waals surface area contributed by atoms with Gasteiger partial charge in [-0.25, -0.2) is 4.98 Å². The number of aliphatic hydroxyl groups excluding tert-OH is 1. The van der Waals surface area contributed by atoms with Crippen molar-refractivity contribution in [1.29, 1.82) is 0 Å². The van der Waals surface area contributed by atoms with Crippen LogP contribution in [0.4, 0.5) is 0 Å². The van der Waals surface area contributed by atoms with E-state index in [4.69, 9.17) is 5.11 Å². The normalized spacial score (nSPS) is 27.9. The lowest BCUT2D eigenvalue weighted by atomic mass is 9.85. The third-order valence-corrected chi connectivity index (χ3v) is 3.33. The van der Waals surface area contributed by atoms with Crippen LogP contribution in [0.5, 0.6) is 0 Å². The third-order valence-electron chi connectivity index (χ3n) is 3.33. The smallest absolute Gasteiger partial charge is 0.0951 e. The van der Waals surface area contributed by atoms with Crippen molar-refractivity contribution < 1.29 is 5.11 Å². The van der Waals surface area contributed by atoms with Crippen molar-refractivity contribution in [2.45, 2.75) is 45.3 Å². The molecule has 2 rings (SSSR count). The number of aromatic nitrogens is 2. The van der Waals surface area contributed by atoms with Gasteiger partial charge in [0.15, 0.2) is 0 Å². The second kappa shape index (κ2) is 4.13. The second-order valence-corrected chi connectivity index (χ2v) is 4.28. The zero-order valence-electron chi connectivity index (χ0n) is 8.69. The Balaban J connectivity index is 2.20. The molecule has 1 aromatic rings. The van der Waals surface area contributed by atoms with E-state index in [1.54, 1.807) is 6.20 Å². The molecular formula is C11H18N2O. The van der Waals surface area contributed by atoms with E-state index in [1.165, 1.54) is 25.7 Å². The molecule has 2 unspecified atom stereocenters. The van der Waals surface area contributed by atoms with E-state index in [0.29, 0.717) is 12.0 Å². The predicted octanol–water partition coefficient (Wildman–Crippen LogP) is 2.13. The van der Waals surface area contributed by atoms with Gasteiger partial charge < -0.3 is 9.67 Å². The largest absolute Gasteiger partial charge is 0.390 e. The van der Waals surface area contributed by atoms with E-state index < -0.39 is 0 Å². The van der Waals surface area contributed by atoms with Gasteiger partial charge in [-0.1, -0.05) is 19.8 Å². The topological polar surface area (TPSA) is 38.0 Å².